The van der Waals surface area contributed by atoms with E-state index in [0.717, 1.165) is 17.1 Å². The van der Waals surface area contributed by atoms with Gasteiger partial charge < -0.3 is 15.2 Å². The summed E-state index contributed by atoms with van der Waals surface area (Å²) in [5.41, 5.74) is 6.65. The summed E-state index contributed by atoms with van der Waals surface area (Å²) in [7, 11) is 3.27. The second kappa shape index (κ2) is 6.53. The van der Waals surface area contributed by atoms with Crippen LogP contribution in [-0.2, 0) is 6.42 Å². The Bertz CT molecular complexity index is 303. The Hall–Kier alpha value is -0.930. The van der Waals surface area contributed by atoms with Crippen molar-refractivity contribution < 1.29 is 9.47 Å². The van der Waals surface area contributed by atoms with Crippen molar-refractivity contribution in [3.05, 3.63) is 30.7 Å². The molecule has 0 amide bonds. The predicted octanol–water partition coefficient (Wildman–Crippen LogP) is 1.83. The van der Waals surface area contributed by atoms with Gasteiger partial charge in [0.05, 0.1) is 14.2 Å². The number of ether oxygens (including phenoxy) is 2. The summed E-state index contributed by atoms with van der Waals surface area (Å²) in [6.07, 6.45) is 0.681. The van der Waals surface area contributed by atoms with Gasteiger partial charge in [0.1, 0.15) is 11.5 Å². The number of rotatable bonds is 4. The number of benzene rings is 1. The van der Waals surface area contributed by atoms with Crippen molar-refractivity contribution >= 4 is 12.4 Å². The molecule has 0 aliphatic heterocycles. The Kier molecular flexibility index (Phi) is 6.13. The lowest BCUT2D eigenvalue weighted by atomic mass is 10.1. The third-order valence-corrected chi connectivity index (χ3v) is 1.97. The lowest BCUT2D eigenvalue weighted by Crippen LogP contribution is -2.18. The van der Waals surface area contributed by atoms with Crippen LogP contribution in [0.5, 0.6) is 11.5 Å². The zero-order valence-corrected chi connectivity index (χ0v) is 9.84. The second-order valence-corrected chi connectivity index (χ2v) is 3.14. The van der Waals surface area contributed by atoms with Gasteiger partial charge in [-0.1, -0.05) is 0 Å². The van der Waals surface area contributed by atoms with Gasteiger partial charge in [0, 0.05) is 6.04 Å². The third-order valence-electron chi connectivity index (χ3n) is 1.97. The minimum atomic E-state index is -0.129. The quantitative estimate of drug-likeness (QED) is 0.859. The molecule has 0 aliphatic carbocycles. The highest BCUT2D eigenvalue weighted by Gasteiger charge is 2.06. The predicted molar refractivity (Wildman–Crippen MR) is 63.8 cm³/mol. The van der Waals surface area contributed by atoms with Crippen molar-refractivity contribution in [3.63, 3.8) is 0 Å². The molecule has 1 rings (SSSR count). The van der Waals surface area contributed by atoms with Crippen LogP contribution in [0.4, 0.5) is 0 Å². The molecule has 0 saturated carbocycles. The van der Waals surface area contributed by atoms with E-state index in [1.54, 1.807) is 14.2 Å². The smallest absolute Gasteiger partial charge is 0.122 e. The molecule has 3 nitrogen and oxygen atoms in total. The van der Waals surface area contributed by atoms with E-state index < -0.39 is 0 Å². The molecule has 0 heterocycles. The van der Waals surface area contributed by atoms with Crippen LogP contribution in [0.25, 0.3) is 0 Å². The number of hydrogen-bond donors (Lipinski definition) is 1. The van der Waals surface area contributed by atoms with Crippen molar-refractivity contribution in [3.8, 4) is 11.5 Å². The highest BCUT2D eigenvalue weighted by molar-refractivity contribution is 5.85. The summed E-state index contributed by atoms with van der Waals surface area (Å²) in [6, 6.07) is 5.52. The van der Waals surface area contributed by atoms with Crippen molar-refractivity contribution in [2.45, 2.75) is 12.5 Å². The van der Waals surface area contributed by atoms with Crippen molar-refractivity contribution in [2.75, 3.05) is 14.2 Å². The van der Waals surface area contributed by atoms with Gasteiger partial charge in [-0.3, -0.25) is 0 Å². The van der Waals surface area contributed by atoms with Crippen molar-refractivity contribution in [2.24, 2.45) is 5.73 Å². The van der Waals surface area contributed by atoms with E-state index in [9.17, 15) is 0 Å². The molecular weight excluding hydrogens is 214 g/mol. The zero-order chi connectivity index (χ0) is 10.6. The van der Waals surface area contributed by atoms with Gasteiger partial charge in [-0.2, -0.15) is 0 Å². The van der Waals surface area contributed by atoms with E-state index in [4.69, 9.17) is 15.2 Å². The monoisotopic (exact) mass is 230 g/mol. The van der Waals surface area contributed by atoms with Gasteiger partial charge in [0.25, 0.3) is 0 Å². The molecule has 1 unspecified atom stereocenters. The number of halogens is 1. The van der Waals surface area contributed by atoms with Crippen LogP contribution in [-0.4, -0.2) is 20.3 Å². The van der Waals surface area contributed by atoms with E-state index in [1.807, 2.05) is 18.2 Å². The molecule has 0 spiro atoms. The summed E-state index contributed by atoms with van der Waals surface area (Å²) in [6.45, 7) is 3.75. The zero-order valence-electron chi connectivity index (χ0n) is 9.03. The molecule has 2 N–H and O–H groups in total. The maximum absolute atomic E-state index is 5.63. The topological polar surface area (TPSA) is 44.5 Å². The van der Waals surface area contributed by atoms with Gasteiger partial charge in [-0.15, -0.1) is 12.4 Å². The van der Waals surface area contributed by atoms with E-state index >= 15 is 0 Å². The molecule has 0 aliphatic rings. The highest BCUT2D eigenvalue weighted by Crippen LogP contribution is 2.24. The summed E-state index contributed by atoms with van der Waals surface area (Å²) >= 11 is 0. The lowest BCUT2D eigenvalue weighted by molar-refractivity contribution is 0.398. The maximum atomic E-state index is 5.63. The molecular formula is C11H17ClNO2. The maximum Gasteiger partial charge on any atom is 0.122 e. The van der Waals surface area contributed by atoms with Crippen LogP contribution in [0, 0.1) is 6.92 Å². The van der Waals surface area contributed by atoms with Gasteiger partial charge in [-0.05, 0) is 37.1 Å². The lowest BCUT2D eigenvalue weighted by Gasteiger charge is -2.11. The highest BCUT2D eigenvalue weighted by atomic mass is 35.5. The van der Waals surface area contributed by atoms with Crippen molar-refractivity contribution in [1.82, 2.24) is 0 Å². The molecule has 15 heavy (non-hydrogen) atoms. The average Bonchev–Trinajstić information content (AvgIpc) is 2.16. The fourth-order valence-corrected chi connectivity index (χ4v) is 1.32. The minimum Gasteiger partial charge on any atom is -0.497 e. The average molecular weight is 231 g/mol. The summed E-state index contributed by atoms with van der Waals surface area (Å²) < 4.78 is 10.3. The van der Waals surface area contributed by atoms with Gasteiger partial charge in [0.15, 0.2) is 0 Å². The van der Waals surface area contributed by atoms with Crippen LogP contribution in [0.1, 0.15) is 5.56 Å². The van der Waals surface area contributed by atoms with E-state index in [1.165, 1.54) is 0 Å². The first-order chi connectivity index (χ1) is 6.67. The van der Waals surface area contributed by atoms with E-state index in [0.29, 0.717) is 6.42 Å². The Morgan fingerprint density at radius 1 is 1.33 bits per heavy atom. The molecule has 4 heteroatoms. The largest absolute Gasteiger partial charge is 0.497 e. The first-order valence-corrected chi connectivity index (χ1v) is 4.47. The second-order valence-electron chi connectivity index (χ2n) is 3.14. The van der Waals surface area contributed by atoms with Crippen LogP contribution < -0.4 is 15.2 Å². The SMILES string of the molecule is Cl.[CH2]C(N)Cc1cc(OC)ccc1OC. The first-order valence-electron chi connectivity index (χ1n) is 4.47. The van der Waals surface area contributed by atoms with Gasteiger partial charge >= 0.3 is 0 Å². The molecule has 1 aromatic carbocycles. The van der Waals surface area contributed by atoms with Crippen LogP contribution in [0.3, 0.4) is 0 Å². The van der Waals surface area contributed by atoms with Gasteiger partial charge in [-0.25, -0.2) is 0 Å². The van der Waals surface area contributed by atoms with E-state index in [2.05, 4.69) is 6.92 Å². The molecule has 85 valence electrons. The van der Waals surface area contributed by atoms with Crippen LogP contribution in [0.15, 0.2) is 18.2 Å². The standard InChI is InChI=1S/C11H16NO2.ClH/c1-8(12)6-9-7-10(13-2)4-5-11(9)14-3;/h4-5,7-8H,1,6,12H2,2-3H3;1H. The Morgan fingerprint density at radius 2 is 2.00 bits per heavy atom. The van der Waals surface area contributed by atoms with Crippen LogP contribution in [0.2, 0.25) is 0 Å². The normalized spacial score (nSPS) is 11.5. The first kappa shape index (κ1) is 14.1. The fourth-order valence-electron chi connectivity index (χ4n) is 1.32. The molecule has 1 radical (unpaired) electrons. The molecule has 0 bridgehead atoms. The van der Waals surface area contributed by atoms with Gasteiger partial charge in [0.2, 0.25) is 0 Å². The molecule has 0 saturated heterocycles. The number of nitrogens with two attached hydrogens (primary N) is 1. The van der Waals surface area contributed by atoms with E-state index in [-0.39, 0.29) is 18.4 Å². The summed E-state index contributed by atoms with van der Waals surface area (Å²) in [5, 5.41) is 0. The molecule has 0 aromatic heterocycles. The molecule has 1 aromatic rings. The third kappa shape index (κ3) is 3.98. The summed E-state index contributed by atoms with van der Waals surface area (Å²) in [5.74, 6) is 1.63. The molecule has 1 atom stereocenters. The number of methoxy groups -OCH3 is 2. The Labute approximate surface area is 97.0 Å². The van der Waals surface area contributed by atoms with Crippen LogP contribution >= 0.6 is 12.4 Å². The number of hydrogen-bond acceptors (Lipinski definition) is 3. The summed E-state index contributed by atoms with van der Waals surface area (Å²) in [4.78, 5) is 0. The Balaban J connectivity index is 0.00000196. The minimum absolute atomic E-state index is 0. The van der Waals surface area contributed by atoms with Crippen molar-refractivity contribution in [1.29, 1.82) is 0 Å². The molecule has 0 fully saturated rings. The Morgan fingerprint density at radius 3 is 2.47 bits per heavy atom. The fraction of sp³-hybridized carbons (Fsp3) is 0.364.